The van der Waals surface area contributed by atoms with Gasteiger partial charge in [0.1, 0.15) is 5.82 Å². The van der Waals surface area contributed by atoms with Crippen molar-refractivity contribution in [3.8, 4) is 0 Å². The van der Waals surface area contributed by atoms with Gasteiger partial charge in [0.15, 0.2) is 0 Å². The van der Waals surface area contributed by atoms with E-state index in [1.165, 1.54) is 12.8 Å². The van der Waals surface area contributed by atoms with Crippen LogP contribution in [0, 0.1) is 5.82 Å². The summed E-state index contributed by atoms with van der Waals surface area (Å²) in [5.41, 5.74) is 1.69. The molecule has 0 radical (unpaired) electrons. The lowest BCUT2D eigenvalue weighted by molar-refractivity contribution is 0.00547. The summed E-state index contributed by atoms with van der Waals surface area (Å²) >= 11 is 3.50. The summed E-state index contributed by atoms with van der Waals surface area (Å²) in [6.45, 7) is 0.867. The van der Waals surface area contributed by atoms with Crippen molar-refractivity contribution in [1.82, 2.24) is 0 Å². The first-order valence-corrected chi connectivity index (χ1v) is 8.14. The van der Waals surface area contributed by atoms with Crippen molar-refractivity contribution in [3.05, 3.63) is 33.5 Å². The van der Waals surface area contributed by atoms with Crippen LogP contribution in [0.5, 0.6) is 0 Å². The normalized spacial score (nSPS) is 34.5. The van der Waals surface area contributed by atoms with Crippen LogP contribution in [0.3, 0.4) is 0 Å². The largest absolute Gasteiger partial charge is 0.378 e. The Hall–Kier alpha value is -0.740. The fourth-order valence-corrected chi connectivity index (χ4v) is 4.16. The fraction of sp³-hybridized carbons (Fsp3) is 0.562. The number of aliphatic imine (C=N–C) groups is 1. The summed E-state index contributed by atoms with van der Waals surface area (Å²) in [4.78, 5) is 4.77. The van der Waals surface area contributed by atoms with Gasteiger partial charge in [0.05, 0.1) is 11.6 Å². The summed E-state index contributed by atoms with van der Waals surface area (Å²) in [5, 5.41) is 0. The van der Waals surface area contributed by atoms with Crippen LogP contribution in [0.25, 0.3) is 0 Å². The molecule has 0 spiro atoms. The van der Waals surface area contributed by atoms with Gasteiger partial charge < -0.3 is 4.74 Å². The van der Waals surface area contributed by atoms with Crippen molar-refractivity contribution in [3.63, 3.8) is 0 Å². The maximum atomic E-state index is 14.2. The SMILES string of the molecule is Fc1ccc(Br)c2c1C1CC1(CC1CCCCO1)N=C2. The Morgan fingerprint density at radius 2 is 2.30 bits per heavy atom. The van der Waals surface area contributed by atoms with E-state index < -0.39 is 0 Å². The number of fused-ring (bicyclic) bond motifs is 3. The predicted molar refractivity (Wildman–Crippen MR) is 80.0 cm³/mol. The molecule has 0 amide bonds. The average Bonchev–Trinajstić information content (AvgIpc) is 3.17. The van der Waals surface area contributed by atoms with E-state index in [0.717, 1.165) is 41.5 Å². The molecule has 2 aliphatic heterocycles. The molecule has 3 aliphatic rings. The van der Waals surface area contributed by atoms with Crippen molar-refractivity contribution in [2.45, 2.75) is 49.7 Å². The lowest BCUT2D eigenvalue weighted by Crippen LogP contribution is -2.27. The maximum absolute atomic E-state index is 14.2. The minimum absolute atomic E-state index is 0.0867. The summed E-state index contributed by atoms with van der Waals surface area (Å²) < 4.78 is 20.9. The van der Waals surface area contributed by atoms with Crippen LogP contribution < -0.4 is 0 Å². The predicted octanol–water partition coefficient (Wildman–Crippen LogP) is 4.21. The molecule has 0 N–H and O–H groups in total. The third kappa shape index (κ3) is 1.96. The zero-order valence-electron chi connectivity index (χ0n) is 11.2. The standard InChI is InChI=1S/C16H17BrFNO/c17-13-4-5-14(18)15-11(13)9-19-16(8-12(15)16)7-10-3-1-2-6-20-10/h4-5,9-10,12H,1-3,6-8H2. The highest BCUT2D eigenvalue weighted by Gasteiger charge is 2.58. The Bertz CT molecular complexity index is 582. The van der Waals surface area contributed by atoms with Crippen LogP contribution in [-0.2, 0) is 4.74 Å². The fourth-order valence-electron chi connectivity index (χ4n) is 3.71. The van der Waals surface area contributed by atoms with Gasteiger partial charge in [-0.1, -0.05) is 15.9 Å². The molecule has 20 heavy (non-hydrogen) atoms. The smallest absolute Gasteiger partial charge is 0.127 e. The van der Waals surface area contributed by atoms with Gasteiger partial charge in [-0.25, -0.2) is 4.39 Å². The Morgan fingerprint density at radius 1 is 1.40 bits per heavy atom. The summed E-state index contributed by atoms with van der Waals surface area (Å²) in [6, 6.07) is 3.32. The number of halogens is 2. The molecule has 2 fully saturated rings. The van der Waals surface area contributed by atoms with Crippen LogP contribution in [0.2, 0.25) is 0 Å². The van der Waals surface area contributed by atoms with Gasteiger partial charge >= 0.3 is 0 Å². The molecule has 1 aliphatic carbocycles. The lowest BCUT2D eigenvalue weighted by atomic mass is 9.92. The molecule has 2 heterocycles. The Balaban J connectivity index is 1.62. The first kappa shape index (κ1) is 13.0. The molecule has 0 bridgehead atoms. The number of hydrogen-bond donors (Lipinski definition) is 0. The first-order chi connectivity index (χ1) is 9.70. The van der Waals surface area contributed by atoms with E-state index >= 15 is 0 Å². The van der Waals surface area contributed by atoms with Gasteiger partial charge in [0, 0.05) is 34.3 Å². The number of benzene rings is 1. The molecule has 1 aromatic carbocycles. The van der Waals surface area contributed by atoms with E-state index in [1.807, 2.05) is 6.21 Å². The molecule has 1 saturated heterocycles. The average molecular weight is 338 g/mol. The lowest BCUT2D eigenvalue weighted by Gasteiger charge is -2.27. The molecule has 3 unspecified atom stereocenters. The summed E-state index contributed by atoms with van der Waals surface area (Å²) in [5.74, 6) is 0.149. The van der Waals surface area contributed by atoms with Crippen molar-refractivity contribution in [1.29, 1.82) is 0 Å². The quantitative estimate of drug-likeness (QED) is 0.792. The number of hydrogen-bond acceptors (Lipinski definition) is 2. The highest BCUT2D eigenvalue weighted by molar-refractivity contribution is 9.10. The second kappa shape index (κ2) is 4.63. The molecular weight excluding hydrogens is 321 g/mol. The molecule has 4 heteroatoms. The summed E-state index contributed by atoms with van der Waals surface area (Å²) in [6.07, 6.45) is 7.60. The molecule has 2 nitrogen and oxygen atoms in total. The van der Waals surface area contributed by atoms with Gasteiger partial charge in [0.25, 0.3) is 0 Å². The third-order valence-corrected chi connectivity index (χ3v) is 5.57. The topological polar surface area (TPSA) is 21.6 Å². The number of nitrogens with zero attached hydrogens (tertiary/aromatic N) is 1. The summed E-state index contributed by atoms with van der Waals surface area (Å²) in [7, 11) is 0. The molecule has 4 rings (SSSR count). The Morgan fingerprint density at radius 3 is 3.10 bits per heavy atom. The number of rotatable bonds is 2. The van der Waals surface area contributed by atoms with Gasteiger partial charge in [-0.05, 0) is 44.2 Å². The van der Waals surface area contributed by atoms with Gasteiger partial charge in [-0.15, -0.1) is 0 Å². The highest BCUT2D eigenvalue weighted by Crippen LogP contribution is 2.61. The highest BCUT2D eigenvalue weighted by atomic mass is 79.9. The van der Waals surface area contributed by atoms with E-state index in [2.05, 4.69) is 15.9 Å². The van der Waals surface area contributed by atoms with Gasteiger partial charge in [-0.3, -0.25) is 4.99 Å². The van der Waals surface area contributed by atoms with E-state index in [-0.39, 0.29) is 17.3 Å². The first-order valence-electron chi connectivity index (χ1n) is 7.34. The van der Waals surface area contributed by atoms with Crippen molar-refractivity contribution >= 4 is 22.1 Å². The van der Waals surface area contributed by atoms with Crippen LogP contribution in [0.15, 0.2) is 21.6 Å². The molecule has 1 saturated carbocycles. The molecule has 0 aromatic heterocycles. The van der Waals surface area contributed by atoms with Crippen molar-refractivity contribution in [2.24, 2.45) is 4.99 Å². The molecule has 3 atom stereocenters. The minimum Gasteiger partial charge on any atom is -0.378 e. The van der Waals surface area contributed by atoms with E-state index in [4.69, 9.17) is 9.73 Å². The second-order valence-electron chi connectivity index (χ2n) is 6.17. The van der Waals surface area contributed by atoms with Gasteiger partial charge in [-0.2, -0.15) is 0 Å². The zero-order chi connectivity index (χ0) is 13.7. The van der Waals surface area contributed by atoms with E-state index in [9.17, 15) is 4.39 Å². The molecular formula is C16H17BrFNO. The van der Waals surface area contributed by atoms with Crippen LogP contribution >= 0.6 is 15.9 Å². The Labute approximate surface area is 126 Å². The van der Waals surface area contributed by atoms with Crippen molar-refractivity contribution < 1.29 is 9.13 Å². The zero-order valence-corrected chi connectivity index (χ0v) is 12.8. The van der Waals surface area contributed by atoms with E-state index in [0.29, 0.717) is 6.10 Å². The molecule has 106 valence electrons. The van der Waals surface area contributed by atoms with Crippen LogP contribution in [-0.4, -0.2) is 24.5 Å². The van der Waals surface area contributed by atoms with Gasteiger partial charge in [0.2, 0.25) is 0 Å². The number of ether oxygens (including phenoxy) is 1. The van der Waals surface area contributed by atoms with E-state index in [1.54, 1.807) is 12.1 Å². The minimum atomic E-state index is -0.0919. The Kier molecular flexibility index (Phi) is 3.00. The van der Waals surface area contributed by atoms with Crippen LogP contribution in [0.1, 0.15) is 49.1 Å². The maximum Gasteiger partial charge on any atom is 0.127 e. The third-order valence-electron chi connectivity index (χ3n) is 4.88. The molecule has 1 aromatic rings. The van der Waals surface area contributed by atoms with Crippen LogP contribution in [0.4, 0.5) is 4.39 Å². The van der Waals surface area contributed by atoms with Crippen molar-refractivity contribution in [2.75, 3.05) is 6.61 Å². The second-order valence-corrected chi connectivity index (χ2v) is 7.02. The monoisotopic (exact) mass is 337 g/mol.